The lowest BCUT2D eigenvalue weighted by atomic mass is 9.92. The fraction of sp³-hybridized carbons (Fsp3) is 0.533. The summed E-state index contributed by atoms with van der Waals surface area (Å²) in [6.45, 7) is 3.65. The molecule has 20 heavy (non-hydrogen) atoms. The van der Waals surface area contributed by atoms with Crippen molar-refractivity contribution in [1.29, 1.82) is 0 Å². The average Bonchev–Trinajstić information content (AvgIpc) is 2.41. The molecule has 1 fully saturated rings. The summed E-state index contributed by atoms with van der Waals surface area (Å²) < 4.78 is 0. The summed E-state index contributed by atoms with van der Waals surface area (Å²) in [6, 6.07) is 5.88. The number of amides is 1. The minimum Gasteiger partial charge on any atom is -0.356 e. The SMILES string of the molecule is CC1CC(C(=O)NCCc2ccc(Cl)cc2Cl)CCN1. The van der Waals surface area contributed by atoms with Crippen LogP contribution >= 0.6 is 23.2 Å². The second kappa shape index (κ2) is 7.30. The molecule has 110 valence electrons. The van der Waals surface area contributed by atoms with E-state index in [1.54, 1.807) is 6.07 Å². The molecule has 0 spiro atoms. The van der Waals surface area contributed by atoms with Gasteiger partial charge in [-0.3, -0.25) is 4.79 Å². The topological polar surface area (TPSA) is 41.1 Å². The highest BCUT2D eigenvalue weighted by Gasteiger charge is 2.24. The number of nitrogens with one attached hydrogen (secondary N) is 2. The molecule has 0 aromatic heterocycles. The standard InChI is InChI=1S/C15H20Cl2N2O/c1-10-8-12(5-6-18-10)15(20)19-7-4-11-2-3-13(16)9-14(11)17/h2-3,9-10,12,18H,4-8H2,1H3,(H,19,20). The number of halogens is 2. The van der Waals surface area contributed by atoms with Gasteiger partial charge in [0.15, 0.2) is 0 Å². The molecule has 1 amide bonds. The zero-order chi connectivity index (χ0) is 14.5. The lowest BCUT2D eigenvalue weighted by Crippen LogP contribution is -2.42. The maximum Gasteiger partial charge on any atom is 0.223 e. The molecule has 0 bridgehead atoms. The number of rotatable bonds is 4. The van der Waals surface area contributed by atoms with Crippen molar-refractivity contribution in [2.24, 2.45) is 5.92 Å². The van der Waals surface area contributed by atoms with E-state index in [1.165, 1.54) is 0 Å². The smallest absolute Gasteiger partial charge is 0.223 e. The van der Waals surface area contributed by atoms with Crippen LogP contribution in [0.1, 0.15) is 25.3 Å². The fourth-order valence-corrected chi connectivity index (χ4v) is 3.06. The van der Waals surface area contributed by atoms with Crippen LogP contribution in [0.25, 0.3) is 0 Å². The number of benzene rings is 1. The van der Waals surface area contributed by atoms with Crippen LogP contribution in [0.3, 0.4) is 0 Å². The van der Waals surface area contributed by atoms with Crippen LogP contribution in [0.15, 0.2) is 18.2 Å². The summed E-state index contributed by atoms with van der Waals surface area (Å²) in [5.74, 6) is 0.287. The Morgan fingerprint density at radius 2 is 2.25 bits per heavy atom. The highest BCUT2D eigenvalue weighted by Crippen LogP contribution is 2.21. The van der Waals surface area contributed by atoms with Gasteiger partial charge in [0.1, 0.15) is 0 Å². The van der Waals surface area contributed by atoms with Crippen molar-refractivity contribution < 1.29 is 4.79 Å². The maximum absolute atomic E-state index is 12.1. The largest absolute Gasteiger partial charge is 0.356 e. The number of carbonyl (C=O) groups is 1. The molecule has 1 aliphatic rings. The van der Waals surface area contributed by atoms with Crippen molar-refractivity contribution in [3.63, 3.8) is 0 Å². The highest BCUT2D eigenvalue weighted by atomic mass is 35.5. The number of hydrogen-bond acceptors (Lipinski definition) is 2. The van der Waals surface area contributed by atoms with Gasteiger partial charge in [-0.25, -0.2) is 0 Å². The summed E-state index contributed by atoms with van der Waals surface area (Å²) in [5.41, 5.74) is 1.01. The Bertz CT molecular complexity index is 479. The minimum absolute atomic E-state index is 0.131. The molecular weight excluding hydrogens is 295 g/mol. The molecule has 1 heterocycles. The van der Waals surface area contributed by atoms with Crippen LogP contribution in [0.4, 0.5) is 0 Å². The van der Waals surface area contributed by atoms with Gasteiger partial charge in [0.25, 0.3) is 0 Å². The van der Waals surface area contributed by atoms with E-state index in [0.29, 0.717) is 22.6 Å². The first-order valence-electron chi connectivity index (χ1n) is 7.01. The Morgan fingerprint density at radius 1 is 1.45 bits per heavy atom. The summed E-state index contributed by atoms with van der Waals surface area (Å²) in [5, 5.41) is 7.64. The summed E-state index contributed by atoms with van der Waals surface area (Å²) in [4.78, 5) is 12.1. The Morgan fingerprint density at radius 3 is 2.95 bits per heavy atom. The van der Waals surface area contributed by atoms with Gasteiger partial charge < -0.3 is 10.6 Å². The van der Waals surface area contributed by atoms with Crippen molar-refractivity contribution in [1.82, 2.24) is 10.6 Å². The lowest BCUT2D eigenvalue weighted by Gasteiger charge is -2.27. The first-order chi connectivity index (χ1) is 9.56. The molecule has 2 unspecified atom stereocenters. The van der Waals surface area contributed by atoms with Crippen LogP contribution in [-0.4, -0.2) is 25.0 Å². The van der Waals surface area contributed by atoms with Crippen molar-refractivity contribution in [2.45, 2.75) is 32.2 Å². The average molecular weight is 315 g/mol. The van der Waals surface area contributed by atoms with E-state index in [9.17, 15) is 4.79 Å². The van der Waals surface area contributed by atoms with E-state index >= 15 is 0 Å². The van der Waals surface area contributed by atoms with Gasteiger partial charge in [-0.15, -0.1) is 0 Å². The zero-order valence-electron chi connectivity index (χ0n) is 11.6. The van der Waals surface area contributed by atoms with Crippen molar-refractivity contribution in [3.05, 3.63) is 33.8 Å². The number of carbonyl (C=O) groups excluding carboxylic acids is 1. The molecule has 0 saturated carbocycles. The van der Waals surface area contributed by atoms with Crippen LogP contribution in [-0.2, 0) is 11.2 Å². The molecule has 2 atom stereocenters. The van der Waals surface area contributed by atoms with Gasteiger partial charge in [0.05, 0.1) is 0 Å². The molecule has 1 aliphatic heterocycles. The summed E-state index contributed by atoms with van der Waals surface area (Å²) in [6.07, 6.45) is 2.55. The first-order valence-corrected chi connectivity index (χ1v) is 7.77. The van der Waals surface area contributed by atoms with Gasteiger partial charge in [-0.05, 0) is 50.4 Å². The normalized spacial score (nSPS) is 22.6. The third kappa shape index (κ3) is 4.37. The number of hydrogen-bond donors (Lipinski definition) is 2. The van der Waals surface area contributed by atoms with E-state index < -0.39 is 0 Å². The predicted molar refractivity (Wildman–Crippen MR) is 83.4 cm³/mol. The van der Waals surface area contributed by atoms with Gasteiger partial charge in [0.2, 0.25) is 5.91 Å². The Hall–Kier alpha value is -0.770. The third-order valence-corrected chi connectivity index (χ3v) is 4.29. The molecule has 5 heteroatoms. The summed E-state index contributed by atoms with van der Waals surface area (Å²) in [7, 11) is 0. The predicted octanol–water partition coefficient (Wildman–Crippen LogP) is 3.04. The number of piperidine rings is 1. The molecule has 2 N–H and O–H groups in total. The van der Waals surface area contributed by atoms with Gasteiger partial charge >= 0.3 is 0 Å². The van der Waals surface area contributed by atoms with E-state index in [2.05, 4.69) is 17.6 Å². The van der Waals surface area contributed by atoms with Crippen LogP contribution < -0.4 is 10.6 Å². The van der Waals surface area contributed by atoms with E-state index in [1.807, 2.05) is 12.1 Å². The van der Waals surface area contributed by atoms with Gasteiger partial charge in [0, 0.05) is 28.5 Å². The molecule has 3 nitrogen and oxygen atoms in total. The van der Waals surface area contributed by atoms with Crippen LogP contribution in [0.2, 0.25) is 10.0 Å². The molecular formula is C15H20Cl2N2O. The second-order valence-corrected chi connectivity index (χ2v) is 6.20. The van der Waals surface area contributed by atoms with E-state index in [-0.39, 0.29) is 11.8 Å². The Kier molecular flexibility index (Phi) is 5.70. The Balaban J connectivity index is 1.79. The van der Waals surface area contributed by atoms with Crippen molar-refractivity contribution in [2.75, 3.05) is 13.1 Å². The highest BCUT2D eigenvalue weighted by molar-refractivity contribution is 6.35. The maximum atomic E-state index is 12.1. The molecule has 1 aromatic rings. The quantitative estimate of drug-likeness (QED) is 0.897. The fourth-order valence-electron chi connectivity index (χ4n) is 2.56. The van der Waals surface area contributed by atoms with Gasteiger partial charge in [-0.2, -0.15) is 0 Å². The molecule has 1 saturated heterocycles. The van der Waals surface area contributed by atoms with Gasteiger partial charge in [-0.1, -0.05) is 29.3 Å². The first kappa shape index (κ1) is 15.6. The second-order valence-electron chi connectivity index (χ2n) is 5.35. The molecule has 2 rings (SSSR count). The summed E-state index contributed by atoms with van der Waals surface area (Å²) >= 11 is 12.0. The molecule has 0 radical (unpaired) electrons. The van der Waals surface area contributed by atoms with Crippen molar-refractivity contribution in [3.8, 4) is 0 Å². The van der Waals surface area contributed by atoms with Crippen LogP contribution in [0, 0.1) is 5.92 Å². The molecule has 0 aliphatic carbocycles. The zero-order valence-corrected chi connectivity index (χ0v) is 13.1. The van der Waals surface area contributed by atoms with E-state index in [0.717, 1.165) is 31.4 Å². The van der Waals surface area contributed by atoms with Crippen molar-refractivity contribution >= 4 is 29.1 Å². The lowest BCUT2D eigenvalue weighted by molar-refractivity contribution is -0.126. The minimum atomic E-state index is 0.131. The monoisotopic (exact) mass is 314 g/mol. The van der Waals surface area contributed by atoms with E-state index in [4.69, 9.17) is 23.2 Å². The third-order valence-electron chi connectivity index (χ3n) is 3.70. The molecule has 1 aromatic carbocycles. The van der Waals surface area contributed by atoms with Crippen LogP contribution in [0.5, 0.6) is 0 Å². The Labute approximate surface area is 130 Å².